The van der Waals surface area contributed by atoms with Crippen molar-refractivity contribution in [3.05, 3.63) is 65.7 Å². The van der Waals surface area contributed by atoms with Gasteiger partial charge in [0.15, 0.2) is 6.61 Å². The Morgan fingerprint density at radius 3 is 2.19 bits per heavy atom. The van der Waals surface area contributed by atoms with Gasteiger partial charge in [0.05, 0.1) is 12.1 Å². The summed E-state index contributed by atoms with van der Waals surface area (Å²) in [6, 6.07) is 16.8. The standard InChI is InChI=1S/C22H29NO3/c1-16(21(25)17-9-7-6-8-10-17)23(5)20(24)15-26-19-13-11-18(12-14-19)22(2,3)4/h6-14,16,21,25H,15H2,1-5H3. The molecule has 1 N–H and O–H groups in total. The number of aliphatic hydroxyl groups is 1. The lowest BCUT2D eigenvalue weighted by molar-refractivity contribution is -0.136. The van der Waals surface area contributed by atoms with Crippen LogP contribution in [-0.4, -0.2) is 35.6 Å². The number of likely N-dealkylation sites (N-methyl/N-ethyl adjacent to an activating group) is 1. The van der Waals surface area contributed by atoms with Crippen LogP contribution in [0.3, 0.4) is 0 Å². The first kappa shape index (κ1) is 20.0. The van der Waals surface area contributed by atoms with Crippen molar-refractivity contribution < 1.29 is 14.6 Å². The molecule has 2 rings (SSSR count). The Bertz CT molecular complexity index is 704. The second kappa shape index (κ2) is 8.37. The van der Waals surface area contributed by atoms with Gasteiger partial charge in [0.2, 0.25) is 0 Å². The van der Waals surface area contributed by atoms with Gasteiger partial charge in [0.1, 0.15) is 5.75 Å². The maximum Gasteiger partial charge on any atom is 0.260 e. The molecular formula is C22H29NO3. The van der Waals surface area contributed by atoms with Crippen LogP contribution in [0.5, 0.6) is 5.75 Å². The zero-order valence-electron chi connectivity index (χ0n) is 16.3. The van der Waals surface area contributed by atoms with Crippen LogP contribution in [0, 0.1) is 0 Å². The lowest BCUT2D eigenvalue weighted by Crippen LogP contribution is -2.41. The van der Waals surface area contributed by atoms with Crippen molar-refractivity contribution in [2.24, 2.45) is 0 Å². The maximum atomic E-state index is 12.4. The lowest BCUT2D eigenvalue weighted by atomic mass is 9.87. The number of carbonyl (C=O) groups is 1. The first-order chi connectivity index (χ1) is 12.2. The van der Waals surface area contributed by atoms with Crippen molar-refractivity contribution in [2.75, 3.05) is 13.7 Å². The van der Waals surface area contributed by atoms with E-state index >= 15 is 0 Å². The molecule has 0 aliphatic carbocycles. The average molecular weight is 355 g/mol. The minimum Gasteiger partial charge on any atom is -0.484 e. The van der Waals surface area contributed by atoms with Crippen molar-refractivity contribution in [3.63, 3.8) is 0 Å². The fourth-order valence-corrected chi connectivity index (χ4v) is 2.67. The van der Waals surface area contributed by atoms with Crippen molar-refractivity contribution >= 4 is 5.91 Å². The van der Waals surface area contributed by atoms with E-state index < -0.39 is 6.10 Å². The summed E-state index contributed by atoms with van der Waals surface area (Å²) in [5.41, 5.74) is 2.09. The summed E-state index contributed by atoms with van der Waals surface area (Å²) in [6.45, 7) is 8.23. The second-order valence-electron chi connectivity index (χ2n) is 7.66. The van der Waals surface area contributed by atoms with Gasteiger partial charge < -0.3 is 14.7 Å². The van der Waals surface area contributed by atoms with Crippen LogP contribution in [0.4, 0.5) is 0 Å². The molecule has 0 aromatic heterocycles. The predicted molar refractivity (Wildman–Crippen MR) is 104 cm³/mol. The minimum absolute atomic E-state index is 0.0583. The van der Waals surface area contributed by atoms with Crippen molar-refractivity contribution in [2.45, 2.75) is 45.3 Å². The monoisotopic (exact) mass is 355 g/mol. The zero-order chi connectivity index (χ0) is 19.3. The molecule has 4 heteroatoms. The van der Waals surface area contributed by atoms with Crippen LogP contribution >= 0.6 is 0 Å². The fourth-order valence-electron chi connectivity index (χ4n) is 2.67. The molecule has 0 heterocycles. The Kier molecular flexibility index (Phi) is 6.43. The summed E-state index contributed by atoms with van der Waals surface area (Å²) in [6.07, 6.45) is -0.740. The number of rotatable bonds is 6. The van der Waals surface area contributed by atoms with Gasteiger partial charge in [-0.2, -0.15) is 0 Å². The van der Waals surface area contributed by atoms with E-state index in [1.807, 2.05) is 61.5 Å². The van der Waals surface area contributed by atoms with E-state index in [4.69, 9.17) is 4.74 Å². The number of carbonyl (C=O) groups excluding carboxylic acids is 1. The average Bonchev–Trinajstić information content (AvgIpc) is 2.64. The van der Waals surface area contributed by atoms with Crippen LogP contribution in [0.15, 0.2) is 54.6 Å². The molecular weight excluding hydrogens is 326 g/mol. The summed E-state index contributed by atoms with van der Waals surface area (Å²) in [5, 5.41) is 10.5. The van der Waals surface area contributed by atoms with Gasteiger partial charge in [-0.25, -0.2) is 0 Å². The summed E-state index contributed by atoms with van der Waals surface area (Å²) in [4.78, 5) is 13.9. The smallest absolute Gasteiger partial charge is 0.260 e. The lowest BCUT2D eigenvalue weighted by Gasteiger charge is -2.29. The molecule has 0 radical (unpaired) electrons. The number of ether oxygens (including phenoxy) is 1. The minimum atomic E-state index is -0.740. The molecule has 2 atom stereocenters. The third-order valence-corrected chi connectivity index (χ3v) is 4.68. The molecule has 1 amide bonds. The highest BCUT2D eigenvalue weighted by Crippen LogP contribution is 2.24. The van der Waals surface area contributed by atoms with E-state index in [9.17, 15) is 9.90 Å². The SMILES string of the molecule is CC(C(O)c1ccccc1)N(C)C(=O)COc1ccc(C(C)(C)C)cc1. The van der Waals surface area contributed by atoms with E-state index in [-0.39, 0.29) is 24.0 Å². The van der Waals surface area contributed by atoms with Gasteiger partial charge in [-0.05, 0) is 35.6 Å². The molecule has 0 saturated carbocycles. The highest BCUT2D eigenvalue weighted by Gasteiger charge is 2.24. The second-order valence-corrected chi connectivity index (χ2v) is 7.66. The highest BCUT2D eigenvalue weighted by molar-refractivity contribution is 5.77. The van der Waals surface area contributed by atoms with Crippen molar-refractivity contribution in [1.82, 2.24) is 4.90 Å². The largest absolute Gasteiger partial charge is 0.484 e. The Morgan fingerprint density at radius 1 is 1.08 bits per heavy atom. The fraction of sp³-hybridized carbons (Fsp3) is 0.409. The van der Waals surface area contributed by atoms with Gasteiger partial charge in [-0.1, -0.05) is 63.2 Å². The highest BCUT2D eigenvalue weighted by atomic mass is 16.5. The maximum absolute atomic E-state index is 12.4. The third kappa shape index (κ3) is 5.09. The van der Waals surface area contributed by atoms with Gasteiger partial charge in [0, 0.05) is 7.05 Å². The molecule has 0 bridgehead atoms. The van der Waals surface area contributed by atoms with Crippen LogP contribution in [0.2, 0.25) is 0 Å². The topological polar surface area (TPSA) is 49.8 Å². The molecule has 0 aliphatic heterocycles. The summed E-state index contributed by atoms with van der Waals surface area (Å²) in [5.74, 6) is 0.489. The summed E-state index contributed by atoms with van der Waals surface area (Å²) >= 11 is 0. The molecule has 0 fully saturated rings. The van der Waals surface area contributed by atoms with Crippen LogP contribution < -0.4 is 4.74 Å². The van der Waals surface area contributed by atoms with Crippen LogP contribution in [0.1, 0.15) is 44.9 Å². The van der Waals surface area contributed by atoms with Crippen molar-refractivity contribution in [1.29, 1.82) is 0 Å². The first-order valence-corrected chi connectivity index (χ1v) is 8.92. The molecule has 0 aliphatic rings. The molecule has 0 saturated heterocycles. The molecule has 4 nitrogen and oxygen atoms in total. The Hall–Kier alpha value is -2.33. The molecule has 2 unspecified atom stereocenters. The molecule has 2 aromatic carbocycles. The van der Waals surface area contributed by atoms with E-state index in [0.717, 1.165) is 5.56 Å². The van der Waals surface area contributed by atoms with Gasteiger partial charge in [0.25, 0.3) is 5.91 Å². The van der Waals surface area contributed by atoms with E-state index in [1.165, 1.54) is 10.5 Å². The number of aliphatic hydroxyl groups excluding tert-OH is 1. The Morgan fingerprint density at radius 2 is 1.65 bits per heavy atom. The predicted octanol–water partition coefficient (Wildman–Crippen LogP) is 3.94. The van der Waals surface area contributed by atoms with Gasteiger partial charge >= 0.3 is 0 Å². The van der Waals surface area contributed by atoms with E-state index in [1.54, 1.807) is 7.05 Å². The van der Waals surface area contributed by atoms with Crippen LogP contribution in [-0.2, 0) is 10.2 Å². The van der Waals surface area contributed by atoms with Crippen molar-refractivity contribution in [3.8, 4) is 5.75 Å². The molecule has 26 heavy (non-hydrogen) atoms. The number of benzene rings is 2. The Balaban J connectivity index is 1.92. The van der Waals surface area contributed by atoms with Gasteiger partial charge in [-0.15, -0.1) is 0 Å². The van der Waals surface area contributed by atoms with Gasteiger partial charge in [-0.3, -0.25) is 4.79 Å². The normalized spacial score (nSPS) is 13.8. The number of nitrogens with zero attached hydrogens (tertiary/aromatic N) is 1. The Labute approximate surface area is 156 Å². The summed E-state index contributed by atoms with van der Waals surface area (Å²) < 4.78 is 5.62. The molecule has 140 valence electrons. The quantitative estimate of drug-likeness (QED) is 0.854. The number of hydrogen-bond donors (Lipinski definition) is 1. The zero-order valence-corrected chi connectivity index (χ0v) is 16.3. The molecule has 2 aromatic rings. The van der Waals surface area contributed by atoms with Crippen LogP contribution in [0.25, 0.3) is 0 Å². The van der Waals surface area contributed by atoms with E-state index in [0.29, 0.717) is 5.75 Å². The van der Waals surface area contributed by atoms with E-state index in [2.05, 4.69) is 20.8 Å². The first-order valence-electron chi connectivity index (χ1n) is 8.92. The molecule has 0 spiro atoms. The third-order valence-electron chi connectivity index (χ3n) is 4.68. The summed E-state index contributed by atoms with van der Waals surface area (Å²) in [7, 11) is 1.69. The number of hydrogen-bond acceptors (Lipinski definition) is 3. The number of amides is 1.